The maximum Gasteiger partial charge on any atom is 0.192 e. The molecule has 16 heavy (non-hydrogen) atoms. The van der Waals surface area contributed by atoms with Gasteiger partial charge in [0.2, 0.25) is 0 Å². The number of aryl methyl sites for hydroxylation is 2. The fraction of sp³-hybridized carbons (Fsp3) is 0.357. The van der Waals surface area contributed by atoms with E-state index < -0.39 is 0 Å². The van der Waals surface area contributed by atoms with Crippen molar-refractivity contribution in [3.8, 4) is 0 Å². The van der Waals surface area contributed by atoms with E-state index in [0.717, 1.165) is 47.8 Å². The van der Waals surface area contributed by atoms with Crippen molar-refractivity contribution in [2.75, 3.05) is 0 Å². The Bertz CT molecular complexity index is 610. The Balaban J connectivity index is 2.38. The van der Waals surface area contributed by atoms with E-state index in [0.29, 0.717) is 0 Å². The standard InChI is InChI=1S/C14H15NO/c1-2-9-6-7-13-11(8-9)14(16)10-4-3-5-12(10)15-13/h6-8H,2-5H2,1H3,(H,15,16). The third-order valence-corrected chi connectivity index (χ3v) is 3.51. The molecule has 0 fully saturated rings. The minimum absolute atomic E-state index is 0.247. The summed E-state index contributed by atoms with van der Waals surface area (Å²) >= 11 is 0. The summed E-state index contributed by atoms with van der Waals surface area (Å²) in [4.78, 5) is 15.7. The van der Waals surface area contributed by atoms with Crippen LogP contribution in [0.15, 0.2) is 23.0 Å². The molecule has 2 heteroatoms. The number of nitrogens with one attached hydrogen (secondary N) is 1. The highest BCUT2D eigenvalue weighted by Gasteiger charge is 2.16. The van der Waals surface area contributed by atoms with Crippen LogP contribution in [0.5, 0.6) is 0 Å². The second-order valence-corrected chi connectivity index (χ2v) is 4.50. The molecule has 1 heterocycles. The van der Waals surface area contributed by atoms with Gasteiger partial charge in [0.1, 0.15) is 0 Å². The van der Waals surface area contributed by atoms with Crippen LogP contribution in [-0.2, 0) is 19.3 Å². The molecule has 3 rings (SSSR count). The van der Waals surface area contributed by atoms with Gasteiger partial charge in [0, 0.05) is 22.2 Å². The highest BCUT2D eigenvalue weighted by molar-refractivity contribution is 5.80. The van der Waals surface area contributed by atoms with Crippen LogP contribution in [0.25, 0.3) is 10.9 Å². The number of rotatable bonds is 1. The predicted octanol–water partition coefficient (Wildman–Crippen LogP) is 2.58. The Labute approximate surface area is 94.3 Å². The second kappa shape index (κ2) is 3.48. The summed E-state index contributed by atoms with van der Waals surface area (Å²) in [5, 5.41) is 0.861. The average Bonchev–Trinajstić information content (AvgIpc) is 2.77. The summed E-state index contributed by atoms with van der Waals surface area (Å²) in [6, 6.07) is 6.17. The lowest BCUT2D eigenvalue weighted by Crippen LogP contribution is -2.10. The van der Waals surface area contributed by atoms with E-state index in [4.69, 9.17) is 0 Å². The molecule has 0 saturated carbocycles. The predicted molar refractivity (Wildman–Crippen MR) is 66.0 cm³/mol. The molecule has 1 aliphatic rings. The molecule has 2 aromatic rings. The number of hydrogen-bond acceptors (Lipinski definition) is 1. The number of benzene rings is 1. The van der Waals surface area contributed by atoms with Gasteiger partial charge in [0.05, 0.1) is 0 Å². The van der Waals surface area contributed by atoms with Crippen LogP contribution in [0.4, 0.5) is 0 Å². The molecule has 0 saturated heterocycles. The molecular weight excluding hydrogens is 198 g/mol. The number of aromatic nitrogens is 1. The summed E-state index contributed by atoms with van der Waals surface area (Å²) in [6.07, 6.45) is 4.05. The zero-order chi connectivity index (χ0) is 11.1. The molecule has 1 N–H and O–H groups in total. The second-order valence-electron chi connectivity index (χ2n) is 4.50. The van der Waals surface area contributed by atoms with Crippen LogP contribution in [0.3, 0.4) is 0 Å². The lowest BCUT2D eigenvalue weighted by atomic mass is 10.1. The van der Waals surface area contributed by atoms with Crippen molar-refractivity contribution in [1.82, 2.24) is 4.98 Å². The van der Waals surface area contributed by atoms with Crippen LogP contribution < -0.4 is 5.43 Å². The van der Waals surface area contributed by atoms with Gasteiger partial charge in [-0.05, 0) is 43.4 Å². The minimum atomic E-state index is 0.247. The molecule has 0 bridgehead atoms. The number of fused-ring (bicyclic) bond motifs is 2. The summed E-state index contributed by atoms with van der Waals surface area (Å²) in [7, 11) is 0. The quantitative estimate of drug-likeness (QED) is 0.776. The van der Waals surface area contributed by atoms with E-state index in [2.05, 4.69) is 18.0 Å². The highest BCUT2D eigenvalue weighted by Crippen LogP contribution is 2.20. The van der Waals surface area contributed by atoms with E-state index >= 15 is 0 Å². The van der Waals surface area contributed by atoms with Gasteiger partial charge in [-0.2, -0.15) is 0 Å². The molecular formula is C14H15NO. The maximum absolute atomic E-state index is 12.3. The summed E-state index contributed by atoms with van der Waals surface area (Å²) in [5.41, 5.74) is 4.64. The fourth-order valence-corrected chi connectivity index (χ4v) is 2.57. The summed E-state index contributed by atoms with van der Waals surface area (Å²) in [5.74, 6) is 0. The molecule has 0 spiro atoms. The third kappa shape index (κ3) is 1.29. The van der Waals surface area contributed by atoms with Crippen LogP contribution >= 0.6 is 0 Å². The monoisotopic (exact) mass is 213 g/mol. The molecule has 0 atom stereocenters. The Morgan fingerprint density at radius 1 is 1.31 bits per heavy atom. The highest BCUT2D eigenvalue weighted by atomic mass is 16.1. The van der Waals surface area contributed by atoms with Crippen molar-refractivity contribution < 1.29 is 0 Å². The number of H-pyrrole nitrogens is 1. The van der Waals surface area contributed by atoms with Gasteiger partial charge >= 0.3 is 0 Å². The maximum atomic E-state index is 12.3. The minimum Gasteiger partial charge on any atom is -0.358 e. The molecule has 1 aromatic carbocycles. The summed E-state index contributed by atoms with van der Waals surface area (Å²) in [6.45, 7) is 2.11. The Morgan fingerprint density at radius 3 is 3.00 bits per heavy atom. The van der Waals surface area contributed by atoms with Gasteiger partial charge in [0.25, 0.3) is 0 Å². The van der Waals surface area contributed by atoms with Gasteiger partial charge in [0.15, 0.2) is 5.43 Å². The molecule has 82 valence electrons. The first-order valence-corrected chi connectivity index (χ1v) is 5.96. The van der Waals surface area contributed by atoms with Crippen molar-refractivity contribution >= 4 is 10.9 Å². The van der Waals surface area contributed by atoms with Crippen LogP contribution in [0, 0.1) is 0 Å². The first-order chi connectivity index (χ1) is 7.79. The molecule has 0 amide bonds. The lowest BCUT2D eigenvalue weighted by Gasteiger charge is -2.05. The number of pyridine rings is 1. The Morgan fingerprint density at radius 2 is 2.19 bits per heavy atom. The van der Waals surface area contributed by atoms with Gasteiger partial charge in [-0.15, -0.1) is 0 Å². The van der Waals surface area contributed by atoms with Crippen molar-refractivity contribution in [2.45, 2.75) is 32.6 Å². The van der Waals surface area contributed by atoms with Crippen molar-refractivity contribution in [3.63, 3.8) is 0 Å². The van der Waals surface area contributed by atoms with Gasteiger partial charge < -0.3 is 4.98 Å². The third-order valence-electron chi connectivity index (χ3n) is 3.51. The topological polar surface area (TPSA) is 32.9 Å². The zero-order valence-electron chi connectivity index (χ0n) is 9.47. The Kier molecular flexibility index (Phi) is 2.10. The molecule has 0 aliphatic heterocycles. The van der Waals surface area contributed by atoms with Gasteiger partial charge in [-0.25, -0.2) is 0 Å². The Hall–Kier alpha value is -1.57. The molecule has 0 unspecified atom stereocenters. The molecule has 1 aromatic heterocycles. The van der Waals surface area contributed by atoms with Gasteiger partial charge in [-0.1, -0.05) is 13.0 Å². The van der Waals surface area contributed by atoms with E-state index in [1.165, 1.54) is 5.56 Å². The van der Waals surface area contributed by atoms with E-state index in [-0.39, 0.29) is 5.43 Å². The first-order valence-electron chi connectivity index (χ1n) is 5.96. The van der Waals surface area contributed by atoms with Gasteiger partial charge in [-0.3, -0.25) is 4.79 Å². The SMILES string of the molecule is CCc1ccc2[nH]c3c(c(=O)c2c1)CCC3. The first kappa shape index (κ1) is 9.64. The van der Waals surface area contributed by atoms with Crippen LogP contribution in [-0.4, -0.2) is 4.98 Å². The summed E-state index contributed by atoms with van der Waals surface area (Å²) < 4.78 is 0. The number of hydrogen-bond donors (Lipinski definition) is 1. The van der Waals surface area contributed by atoms with E-state index in [1.54, 1.807) is 0 Å². The normalized spacial score (nSPS) is 14.3. The van der Waals surface area contributed by atoms with Crippen LogP contribution in [0.2, 0.25) is 0 Å². The lowest BCUT2D eigenvalue weighted by molar-refractivity contribution is 0.900. The van der Waals surface area contributed by atoms with Crippen molar-refractivity contribution in [3.05, 3.63) is 45.2 Å². The molecule has 1 aliphatic carbocycles. The van der Waals surface area contributed by atoms with Crippen molar-refractivity contribution in [1.29, 1.82) is 0 Å². The number of aromatic amines is 1. The molecule has 2 nitrogen and oxygen atoms in total. The average molecular weight is 213 g/mol. The van der Waals surface area contributed by atoms with Crippen LogP contribution in [0.1, 0.15) is 30.2 Å². The zero-order valence-corrected chi connectivity index (χ0v) is 9.47. The molecule has 0 radical (unpaired) electrons. The fourth-order valence-electron chi connectivity index (χ4n) is 2.57. The smallest absolute Gasteiger partial charge is 0.192 e. The van der Waals surface area contributed by atoms with E-state index in [9.17, 15) is 4.79 Å². The van der Waals surface area contributed by atoms with E-state index in [1.807, 2.05) is 12.1 Å². The van der Waals surface area contributed by atoms with Crippen molar-refractivity contribution in [2.24, 2.45) is 0 Å². The largest absolute Gasteiger partial charge is 0.358 e.